The van der Waals surface area contributed by atoms with E-state index < -0.39 is 0 Å². The minimum atomic E-state index is 0.574. The van der Waals surface area contributed by atoms with Gasteiger partial charge in [0.25, 0.3) is 0 Å². The Labute approximate surface area is 184 Å². The Kier molecular flexibility index (Phi) is 7.22. The number of anilines is 1. The van der Waals surface area contributed by atoms with Crippen molar-refractivity contribution in [3.63, 3.8) is 0 Å². The van der Waals surface area contributed by atoms with Crippen molar-refractivity contribution in [2.45, 2.75) is 19.6 Å². The van der Waals surface area contributed by atoms with E-state index in [0.717, 1.165) is 35.7 Å². The van der Waals surface area contributed by atoms with Gasteiger partial charge in [0.05, 0.1) is 6.61 Å². The Morgan fingerprint density at radius 1 is 0.548 bits per heavy atom. The van der Waals surface area contributed by atoms with E-state index in [1.165, 1.54) is 11.1 Å². The van der Waals surface area contributed by atoms with Crippen LogP contribution in [0.4, 0.5) is 5.69 Å². The third kappa shape index (κ3) is 6.65. The number of rotatable bonds is 10. The maximum absolute atomic E-state index is 5.94. The van der Waals surface area contributed by atoms with Crippen LogP contribution >= 0.6 is 0 Å². The molecule has 31 heavy (non-hydrogen) atoms. The Balaban J connectivity index is 1.23. The summed E-state index contributed by atoms with van der Waals surface area (Å²) >= 11 is 0. The Hall–Kier alpha value is -3.72. The van der Waals surface area contributed by atoms with Crippen LogP contribution in [-0.2, 0) is 19.6 Å². The average molecular weight is 410 g/mol. The van der Waals surface area contributed by atoms with Crippen LogP contribution in [0.25, 0.3) is 0 Å². The molecule has 4 aromatic rings. The topological polar surface area (TPSA) is 30.5 Å². The van der Waals surface area contributed by atoms with Gasteiger partial charge in [-0.2, -0.15) is 0 Å². The Morgan fingerprint density at radius 2 is 1.23 bits per heavy atom. The molecule has 0 spiro atoms. The molecule has 0 saturated heterocycles. The second-order valence-corrected chi connectivity index (χ2v) is 7.38. The molecule has 0 amide bonds. The van der Waals surface area contributed by atoms with Crippen LogP contribution in [0, 0.1) is 0 Å². The first-order valence-electron chi connectivity index (χ1n) is 10.6. The van der Waals surface area contributed by atoms with Gasteiger partial charge < -0.3 is 14.8 Å². The monoisotopic (exact) mass is 409 g/mol. The SMILES string of the molecule is c1ccc(CCOc2cccc(CNc3ccc(OCc4ccccc4)cc3)c2)cc1. The van der Waals surface area contributed by atoms with E-state index in [2.05, 4.69) is 53.8 Å². The van der Waals surface area contributed by atoms with Crippen molar-refractivity contribution in [3.05, 3.63) is 126 Å². The molecule has 1 N–H and O–H groups in total. The summed E-state index contributed by atoms with van der Waals surface area (Å²) < 4.78 is 11.8. The van der Waals surface area contributed by atoms with E-state index in [-0.39, 0.29) is 0 Å². The maximum Gasteiger partial charge on any atom is 0.119 e. The van der Waals surface area contributed by atoms with Crippen molar-refractivity contribution in [2.24, 2.45) is 0 Å². The number of ether oxygens (including phenoxy) is 2. The second kappa shape index (κ2) is 10.9. The zero-order valence-electron chi connectivity index (χ0n) is 17.5. The largest absolute Gasteiger partial charge is 0.493 e. The lowest BCUT2D eigenvalue weighted by molar-refractivity contribution is 0.306. The first-order chi connectivity index (χ1) is 15.3. The molecule has 3 heteroatoms. The van der Waals surface area contributed by atoms with Crippen molar-refractivity contribution >= 4 is 5.69 Å². The fourth-order valence-electron chi connectivity index (χ4n) is 3.29. The van der Waals surface area contributed by atoms with E-state index in [4.69, 9.17) is 9.47 Å². The van der Waals surface area contributed by atoms with E-state index in [0.29, 0.717) is 13.2 Å². The van der Waals surface area contributed by atoms with Crippen molar-refractivity contribution in [1.82, 2.24) is 0 Å². The van der Waals surface area contributed by atoms with Crippen LogP contribution in [0.1, 0.15) is 16.7 Å². The molecule has 4 aromatic carbocycles. The summed E-state index contributed by atoms with van der Waals surface area (Å²) in [5.41, 5.74) is 4.69. The van der Waals surface area contributed by atoms with E-state index in [1.54, 1.807) is 0 Å². The van der Waals surface area contributed by atoms with Gasteiger partial charge in [-0.25, -0.2) is 0 Å². The quantitative estimate of drug-likeness (QED) is 0.324. The van der Waals surface area contributed by atoms with Gasteiger partial charge in [-0.3, -0.25) is 0 Å². The summed E-state index contributed by atoms with van der Waals surface area (Å²) in [5.74, 6) is 1.77. The minimum absolute atomic E-state index is 0.574. The fraction of sp³-hybridized carbons (Fsp3) is 0.143. The van der Waals surface area contributed by atoms with E-state index in [9.17, 15) is 0 Å². The normalized spacial score (nSPS) is 10.5. The zero-order valence-corrected chi connectivity index (χ0v) is 17.5. The van der Waals surface area contributed by atoms with Gasteiger partial charge in [-0.15, -0.1) is 0 Å². The highest BCUT2D eigenvalue weighted by atomic mass is 16.5. The molecule has 156 valence electrons. The smallest absolute Gasteiger partial charge is 0.119 e. The van der Waals surface area contributed by atoms with Gasteiger partial charge in [0, 0.05) is 18.7 Å². The molecule has 0 bridgehead atoms. The number of nitrogens with one attached hydrogen (secondary N) is 1. The molecule has 0 radical (unpaired) electrons. The second-order valence-electron chi connectivity index (χ2n) is 7.38. The molecule has 0 fully saturated rings. The van der Waals surface area contributed by atoms with Crippen LogP contribution in [-0.4, -0.2) is 6.61 Å². The predicted molar refractivity (Wildman–Crippen MR) is 127 cm³/mol. The molecule has 0 aromatic heterocycles. The summed E-state index contributed by atoms with van der Waals surface area (Å²) in [6.45, 7) is 1.98. The summed E-state index contributed by atoms with van der Waals surface area (Å²) in [6.07, 6.45) is 0.905. The van der Waals surface area contributed by atoms with Gasteiger partial charge in [0.2, 0.25) is 0 Å². The van der Waals surface area contributed by atoms with Crippen LogP contribution in [0.3, 0.4) is 0 Å². The molecule has 0 aliphatic heterocycles. The molecule has 0 atom stereocenters. The van der Waals surface area contributed by atoms with Crippen LogP contribution in [0.15, 0.2) is 109 Å². The summed E-state index contributed by atoms with van der Waals surface area (Å²) in [5, 5.41) is 3.46. The highest BCUT2D eigenvalue weighted by molar-refractivity contribution is 5.47. The number of benzene rings is 4. The average Bonchev–Trinajstić information content (AvgIpc) is 2.84. The molecular weight excluding hydrogens is 382 g/mol. The highest BCUT2D eigenvalue weighted by Crippen LogP contribution is 2.19. The molecule has 4 rings (SSSR count). The van der Waals surface area contributed by atoms with E-state index in [1.807, 2.05) is 60.7 Å². The molecular formula is C28H27NO2. The lowest BCUT2D eigenvalue weighted by Crippen LogP contribution is -2.03. The van der Waals surface area contributed by atoms with Gasteiger partial charge in [0.15, 0.2) is 0 Å². The molecule has 0 aliphatic rings. The summed E-state index contributed by atoms with van der Waals surface area (Å²) in [6, 6.07) is 36.9. The van der Waals surface area contributed by atoms with Gasteiger partial charge in [0.1, 0.15) is 18.1 Å². The lowest BCUT2D eigenvalue weighted by atomic mass is 10.2. The molecule has 0 saturated carbocycles. The first kappa shape index (κ1) is 20.5. The Morgan fingerprint density at radius 3 is 1.97 bits per heavy atom. The first-order valence-corrected chi connectivity index (χ1v) is 10.6. The fourth-order valence-corrected chi connectivity index (χ4v) is 3.29. The predicted octanol–water partition coefficient (Wildman–Crippen LogP) is 6.50. The van der Waals surface area contributed by atoms with Crippen molar-refractivity contribution in [1.29, 1.82) is 0 Å². The highest BCUT2D eigenvalue weighted by Gasteiger charge is 2.00. The number of hydrogen-bond donors (Lipinski definition) is 1. The summed E-state index contributed by atoms with van der Waals surface area (Å²) in [4.78, 5) is 0. The van der Waals surface area contributed by atoms with Crippen LogP contribution in [0.5, 0.6) is 11.5 Å². The van der Waals surface area contributed by atoms with Crippen molar-refractivity contribution in [2.75, 3.05) is 11.9 Å². The van der Waals surface area contributed by atoms with Crippen LogP contribution in [0.2, 0.25) is 0 Å². The maximum atomic E-state index is 5.94. The molecule has 3 nitrogen and oxygen atoms in total. The third-order valence-corrected chi connectivity index (χ3v) is 5.00. The third-order valence-electron chi connectivity index (χ3n) is 5.00. The zero-order chi connectivity index (χ0) is 21.1. The number of hydrogen-bond acceptors (Lipinski definition) is 3. The van der Waals surface area contributed by atoms with Crippen molar-refractivity contribution < 1.29 is 9.47 Å². The lowest BCUT2D eigenvalue weighted by Gasteiger charge is -2.11. The van der Waals surface area contributed by atoms with Gasteiger partial charge in [-0.05, 0) is 53.1 Å². The molecule has 0 unspecified atom stereocenters. The van der Waals surface area contributed by atoms with E-state index >= 15 is 0 Å². The standard InChI is InChI=1S/C28H27NO2/c1-3-8-23(9-4-1)18-19-30-28-13-7-12-25(20-28)21-29-26-14-16-27(17-15-26)31-22-24-10-5-2-6-11-24/h1-17,20,29H,18-19,21-22H2. The van der Waals surface area contributed by atoms with Gasteiger partial charge >= 0.3 is 0 Å². The molecule has 0 heterocycles. The van der Waals surface area contributed by atoms with Crippen LogP contribution < -0.4 is 14.8 Å². The molecule has 0 aliphatic carbocycles. The minimum Gasteiger partial charge on any atom is -0.493 e. The van der Waals surface area contributed by atoms with Gasteiger partial charge in [-0.1, -0.05) is 72.8 Å². The summed E-state index contributed by atoms with van der Waals surface area (Å²) in [7, 11) is 0. The Bertz CT molecular complexity index is 1050. The van der Waals surface area contributed by atoms with Crippen molar-refractivity contribution in [3.8, 4) is 11.5 Å².